The van der Waals surface area contributed by atoms with E-state index in [4.69, 9.17) is 9.47 Å². The Kier molecular flexibility index (Phi) is 5.42. The molecule has 4 nitrogen and oxygen atoms in total. The number of hydrogen-bond donors (Lipinski definition) is 1. The van der Waals surface area contributed by atoms with Gasteiger partial charge in [0, 0.05) is 23.6 Å². The number of nitrogens with one attached hydrogen (secondary N) is 1. The maximum absolute atomic E-state index is 12.1. The van der Waals surface area contributed by atoms with E-state index in [-0.39, 0.29) is 11.8 Å². The molecule has 4 heteroatoms. The molecule has 0 spiro atoms. The number of benzene rings is 2. The zero-order chi connectivity index (χ0) is 15.9. The summed E-state index contributed by atoms with van der Waals surface area (Å²) >= 11 is 0. The van der Waals surface area contributed by atoms with Crippen LogP contribution in [0.5, 0.6) is 11.5 Å². The lowest BCUT2D eigenvalue weighted by Gasteiger charge is -2.17. The molecule has 1 amide bonds. The average Bonchev–Trinajstić information content (AvgIpc) is 2.59. The van der Waals surface area contributed by atoms with Crippen LogP contribution in [0.4, 0.5) is 0 Å². The summed E-state index contributed by atoms with van der Waals surface area (Å²) in [7, 11) is 3.27. The van der Waals surface area contributed by atoms with Gasteiger partial charge in [0.15, 0.2) is 0 Å². The van der Waals surface area contributed by atoms with E-state index < -0.39 is 0 Å². The quantitative estimate of drug-likeness (QED) is 0.891. The van der Waals surface area contributed by atoms with Crippen LogP contribution in [0.3, 0.4) is 0 Å². The van der Waals surface area contributed by atoms with Crippen molar-refractivity contribution in [3.05, 3.63) is 59.7 Å². The van der Waals surface area contributed by atoms with Gasteiger partial charge in [0.1, 0.15) is 11.5 Å². The molecule has 1 N–H and O–H groups in total. The molecule has 1 atom stereocenters. The molecule has 0 saturated heterocycles. The van der Waals surface area contributed by atoms with E-state index in [2.05, 4.69) is 5.32 Å². The Bertz CT molecular complexity index is 625. The SMILES string of the molecule is COc1ccc(OC)c(C(C)CNC(=O)c2ccccc2)c1. The topological polar surface area (TPSA) is 47.6 Å². The molecule has 0 radical (unpaired) electrons. The predicted octanol–water partition coefficient (Wildman–Crippen LogP) is 3.24. The molecule has 0 saturated carbocycles. The molecule has 2 aromatic rings. The number of ether oxygens (including phenoxy) is 2. The van der Waals surface area contributed by atoms with Crippen molar-refractivity contribution in [3.8, 4) is 11.5 Å². The van der Waals surface area contributed by atoms with Gasteiger partial charge in [-0.1, -0.05) is 25.1 Å². The molecule has 0 aliphatic rings. The Hall–Kier alpha value is -2.49. The number of hydrogen-bond acceptors (Lipinski definition) is 3. The summed E-state index contributed by atoms with van der Waals surface area (Å²) in [6.45, 7) is 2.57. The molecule has 2 aromatic carbocycles. The second kappa shape index (κ2) is 7.50. The number of carbonyl (C=O) groups excluding carboxylic acids is 1. The summed E-state index contributed by atoms with van der Waals surface area (Å²) in [5.41, 5.74) is 1.67. The van der Waals surface area contributed by atoms with Gasteiger partial charge in [-0.05, 0) is 30.3 Å². The minimum absolute atomic E-state index is 0.0747. The average molecular weight is 299 g/mol. The Labute approximate surface area is 131 Å². The summed E-state index contributed by atoms with van der Waals surface area (Å²) < 4.78 is 10.6. The molecule has 22 heavy (non-hydrogen) atoms. The van der Waals surface area contributed by atoms with Crippen molar-refractivity contribution in [1.29, 1.82) is 0 Å². The molecule has 0 aliphatic carbocycles. The fraction of sp³-hybridized carbons (Fsp3) is 0.278. The summed E-state index contributed by atoms with van der Waals surface area (Å²) in [6.07, 6.45) is 0. The van der Waals surface area contributed by atoms with Crippen molar-refractivity contribution in [3.63, 3.8) is 0 Å². The fourth-order valence-electron chi connectivity index (χ4n) is 2.27. The molecule has 0 bridgehead atoms. The summed E-state index contributed by atoms with van der Waals surface area (Å²) in [5, 5.41) is 2.95. The van der Waals surface area contributed by atoms with E-state index in [0.717, 1.165) is 17.1 Å². The van der Waals surface area contributed by atoms with E-state index in [1.165, 1.54) is 0 Å². The van der Waals surface area contributed by atoms with E-state index >= 15 is 0 Å². The van der Waals surface area contributed by atoms with Gasteiger partial charge in [-0.15, -0.1) is 0 Å². The number of carbonyl (C=O) groups is 1. The second-order valence-corrected chi connectivity index (χ2v) is 5.08. The minimum atomic E-state index is -0.0747. The highest BCUT2D eigenvalue weighted by Gasteiger charge is 2.14. The van der Waals surface area contributed by atoms with Crippen LogP contribution >= 0.6 is 0 Å². The van der Waals surface area contributed by atoms with Gasteiger partial charge < -0.3 is 14.8 Å². The minimum Gasteiger partial charge on any atom is -0.497 e. The van der Waals surface area contributed by atoms with Crippen molar-refractivity contribution in [2.24, 2.45) is 0 Å². The van der Waals surface area contributed by atoms with Crippen molar-refractivity contribution in [2.75, 3.05) is 20.8 Å². The Morgan fingerprint density at radius 1 is 1.09 bits per heavy atom. The normalized spacial score (nSPS) is 11.6. The van der Waals surface area contributed by atoms with E-state index in [0.29, 0.717) is 12.1 Å². The third-order valence-electron chi connectivity index (χ3n) is 3.57. The molecule has 0 heterocycles. The summed E-state index contributed by atoms with van der Waals surface area (Å²) in [6, 6.07) is 14.9. The van der Waals surface area contributed by atoms with Crippen molar-refractivity contribution >= 4 is 5.91 Å². The van der Waals surface area contributed by atoms with Gasteiger partial charge in [0.25, 0.3) is 5.91 Å². The Morgan fingerprint density at radius 3 is 2.45 bits per heavy atom. The van der Waals surface area contributed by atoms with Crippen molar-refractivity contribution in [2.45, 2.75) is 12.8 Å². The number of amides is 1. The van der Waals surface area contributed by atoms with Crippen LogP contribution < -0.4 is 14.8 Å². The lowest BCUT2D eigenvalue weighted by Crippen LogP contribution is -2.27. The van der Waals surface area contributed by atoms with E-state index in [9.17, 15) is 4.79 Å². The van der Waals surface area contributed by atoms with Gasteiger partial charge in [-0.3, -0.25) is 4.79 Å². The monoisotopic (exact) mass is 299 g/mol. The van der Waals surface area contributed by atoms with Gasteiger partial charge in [0.05, 0.1) is 14.2 Å². The lowest BCUT2D eigenvalue weighted by molar-refractivity contribution is 0.0951. The first-order valence-corrected chi connectivity index (χ1v) is 7.21. The highest BCUT2D eigenvalue weighted by atomic mass is 16.5. The van der Waals surface area contributed by atoms with Crippen LogP contribution in [0.1, 0.15) is 28.8 Å². The Balaban J connectivity index is 2.06. The van der Waals surface area contributed by atoms with Crippen LogP contribution in [0.15, 0.2) is 48.5 Å². The molecule has 116 valence electrons. The standard InChI is InChI=1S/C18H21NO3/c1-13(12-19-18(20)14-7-5-4-6-8-14)16-11-15(21-2)9-10-17(16)22-3/h4-11,13H,12H2,1-3H3,(H,19,20). The van der Waals surface area contributed by atoms with Crippen LogP contribution in [0, 0.1) is 0 Å². The Morgan fingerprint density at radius 2 is 1.82 bits per heavy atom. The van der Waals surface area contributed by atoms with Crippen LogP contribution in [0.25, 0.3) is 0 Å². The predicted molar refractivity (Wildman–Crippen MR) is 86.7 cm³/mol. The van der Waals surface area contributed by atoms with E-state index in [1.54, 1.807) is 26.4 Å². The zero-order valence-corrected chi connectivity index (χ0v) is 13.1. The molecule has 0 aromatic heterocycles. The third-order valence-corrected chi connectivity index (χ3v) is 3.57. The first kappa shape index (κ1) is 15.9. The first-order chi connectivity index (χ1) is 10.7. The first-order valence-electron chi connectivity index (χ1n) is 7.21. The highest BCUT2D eigenvalue weighted by molar-refractivity contribution is 5.94. The van der Waals surface area contributed by atoms with Crippen LogP contribution in [-0.4, -0.2) is 26.7 Å². The molecule has 0 aliphatic heterocycles. The van der Waals surface area contributed by atoms with Gasteiger partial charge in [-0.2, -0.15) is 0 Å². The second-order valence-electron chi connectivity index (χ2n) is 5.08. The molecular weight excluding hydrogens is 278 g/mol. The van der Waals surface area contributed by atoms with E-state index in [1.807, 2.05) is 43.3 Å². The smallest absolute Gasteiger partial charge is 0.251 e. The number of rotatable bonds is 6. The van der Waals surface area contributed by atoms with Crippen LogP contribution in [0.2, 0.25) is 0 Å². The summed E-state index contributed by atoms with van der Waals surface area (Å²) in [4.78, 5) is 12.1. The van der Waals surface area contributed by atoms with Gasteiger partial charge >= 0.3 is 0 Å². The molecular formula is C18H21NO3. The maximum Gasteiger partial charge on any atom is 0.251 e. The van der Waals surface area contributed by atoms with Crippen molar-refractivity contribution < 1.29 is 14.3 Å². The largest absolute Gasteiger partial charge is 0.497 e. The van der Waals surface area contributed by atoms with Gasteiger partial charge in [-0.25, -0.2) is 0 Å². The lowest BCUT2D eigenvalue weighted by atomic mass is 9.99. The van der Waals surface area contributed by atoms with Gasteiger partial charge in [0.2, 0.25) is 0 Å². The molecule has 2 rings (SSSR count). The summed E-state index contributed by atoms with van der Waals surface area (Å²) in [5.74, 6) is 1.60. The van der Waals surface area contributed by atoms with Crippen LogP contribution in [-0.2, 0) is 0 Å². The molecule has 0 fully saturated rings. The number of methoxy groups -OCH3 is 2. The highest BCUT2D eigenvalue weighted by Crippen LogP contribution is 2.30. The zero-order valence-electron chi connectivity index (χ0n) is 13.1. The third kappa shape index (κ3) is 3.79. The molecule has 1 unspecified atom stereocenters. The van der Waals surface area contributed by atoms with Crippen molar-refractivity contribution in [1.82, 2.24) is 5.32 Å². The maximum atomic E-state index is 12.1. The fourth-order valence-corrected chi connectivity index (χ4v) is 2.27.